The minimum atomic E-state index is -0.249. The molecule has 5 nitrogen and oxygen atoms in total. The van der Waals surface area contributed by atoms with Crippen LogP contribution >= 0.6 is 0 Å². The van der Waals surface area contributed by atoms with Gasteiger partial charge in [0.15, 0.2) is 0 Å². The topological polar surface area (TPSA) is 33.5 Å². The summed E-state index contributed by atoms with van der Waals surface area (Å²) in [6.45, 7) is 37.8. The number of hydrogen-bond acceptors (Lipinski definition) is 4. The molecule has 10 rings (SSSR count). The average molecular weight is 991 g/mol. The summed E-state index contributed by atoms with van der Waals surface area (Å²) in [4.78, 5) is 10.2. The van der Waals surface area contributed by atoms with Crippen molar-refractivity contribution in [1.29, 1.82) is 0 Å². The quantitative estimate of drug-likeness (QED) is 0.144. The molecule has 0 spiro atoms. The number of rotatable bonds is 9. The molecule has 0 amide bonds. The Morgan fingerprint density at radius 1 is 0.373 bits per heavy atom. The third-order valence-corrected chi connectivity index (χ3v) is 16.1. The molecule has 0 unspecified atom stereocenters. The van der Waals surface area contributed by atoms with Crippen LogP contribution in [0.3, 0.4) is 0 Å². The molecule has 9 aromatic rings. The van der Waals surface area contributed by atoms with Crippen LogP contribution in [0.5, 0.6) is 11.5 Å². The molecule has 0 atom stereocenters. The molecule has 75 heavy (non-hydrogen) atoms. The molecule has 384 valence electrons. The lowest BCUT2D eigenvalue weighted by molar-refractivity contribution is 0.479. The second-order valence-electron chi connectivity index (χ2n) is 26.4. The zero-order valence-corrected chi connectivity index (χ0v) is 47.6. The van der Waals surface area contributed by atoms with E-state index in [4.69, 9.17) is 9.72 Å². The molecule has 7 aromatic carbocycles. The van der Waals surface area contributed by atoms with Crippen molar-refractivity contribution in [2.24, 2.45) is 0 Å². The van der Waals surface area contributed by atoms with E-state index in [1.165, 1.54) is 67.0 Å². The number of benzene rings is 7. The second kappa shape index (κ2) is 18.3. The fourth-order valence-electron chi connectivity index (χ4n) is 11.2. The summed E-state index contributed by atoms with van der Waals surface area (Å²) >= 11 is 0. The van der Waals surface area contributed by atoms with E-state index in [1.807, 2.05) is 6.20 Å². The van der Waals surface area contributed by atoms with E-state index < -0.39 is 0 Å². The smallest absolute Gasteiger partial charge is 0.137 e. The Morgan fingerprint density at radius 3 is 1.49 bits per heavy atom. The lowest BCUT2D eigenvalue weighted by Crippen LogP contribution is -2.25. The summed E-state index contributed by atoms with van der Waals surface area (Å²) in [6, 6.07) is 60.6. The highest BCUT2D eigenvalue weighted by atomic mass is 16.5. The summed E-state index contributed by atoms with van der Waals surface area (Å²) in [6.07, 6.45) is 1.97. The minimum absolute atomic E-state index is 0.0115. The summed E-state index contributed by atoms with van der Waals surface area (Å²) < 4.78 is 9.54. The highest BCUT2D eigenvalue weighted by Crippen LogP contribution is 2.51. The van der Waals surface area contributed by atoms with Crippen molar-refractivity contribution in [2.45, 2.75) is 143 Å². The lowest BCUT2D eigenvalue weighted by atomic mass is 9.74. The van der Waals surface area contributed by atoms with Gasteiger partial charge in [0, 0.05) is 51.3 Å². The fourth-order valence-corrected chi connectivity index (χ4v) is 11.2. The summed E-state index contributed by atoms with van der Waals surface area (Å²) in [7, 11) is 0. The number of hydrogen-bond donors (Lipinski definition) is 0. The van der Waals surface area contributed by atoms with Crippen LogP contribution in [0.15, 0.2) is 170 Å². The first-order valence-corrected chi connectivity index (χ1v) is 27.0. The third-order valence-electron chi connectivity index (χ3n) is 16.1. The molecule has 1 aliphatic heterocycles. The maximum absolute atomic E-state index is 7.20. The van der Waals surface area contributed by atoms with E-state index in [1.54, 1.807) is 0 Å². The van der Waals surface area contributed by atoms with Gasteiger partial charge in [0.2, 0.25) is 0 Å². The third kappa shape index (κ3) is 9.64. The van der Waals surface area contributed by atoms with E-state index in [-0.39, 0.29) is 32.5 Å². The molecule has 0 bridgehead atoms. The number of pyridine rings is 1. The fraction of sp³-hybridized carbons (Fsp3) is 0.329. The predicted molar refractivity (Wildman–Crippen MR) is 319 cm³/mol. The van der Waals surface area contributed by atoms with Crippen LogP contribution in [0.25, 0.3) is 27.6 Å². The highest BCUT2D eigenvalue weighted by molar-refractivity contribution is 6.10. The monoisotopic (exact) mass is 991 g/mol. The van der Waals surface area contributed by atoms with Crippen LogP contribution in [0, 0.1) is 0 Å². The maximum Gasteiger partial charge on any atom is 0.137 e. The van der Waals surface area contributed by atoms with Crippen LogP contribution in [-0.2, 0) is 32.5 Å². The lowest BCUT2D eigenvalue weighted by Gasteiger charge is -2.32. The highest BCUT2D eigenvalue weighted by Gasteiger charge is 2.36. The van der Waals surface area contributed by atoms with E-state index >= 15 is 0 Å². The molecule has 0 N–H and O–H groups in total. The molecule has 2 aromatic heterocycles. The van der Waals surface area contributed by atoms with E-state index in [9.17, 15) is 0 Å². The van der Waals surface area contributed by atoms with Crippen molar-refractivity contribution in [1.82, 2.24) is 9.55 Å². The first-order chi connectivity index (χ1) is 35.2. The zero-order valence-electron chi connectivity index (χ0n) is 47.6. The van der Waals surface area contributed by atoms with Crippen molar-refractivity contribution < 1.29 is 4.74 Å². The summed E-state index contributed by atoms with van der Waals surface area (Å²) in [5.41, 5.74) is 16.4. The Morgan fingerprint density at radius 2 is 0.920 bits per heavy atom. The van der Waals surface area contributed by atoms with Crippen molar-refractivity contribution in [3.8, 4) is 17.3 Å². The van der Waals surface area contributed by atoms with E-state index in [0.717, 1.165) is 39.4 Å². The van der Waals surface area contributed by atoms with Gasteiger partial charge in [0.1, 0.15) is 24.0 Å². The van der Waals surface area contributed by atoms with Crippen molar-refractivity contribution >= 4 is 44.6 Å². The van der Waals surface area contributed by atoms with Crippen LogP contribution < -0.4 is 14.5 Å². The van der Waals surface area contributed by atoms with Gasteiger partial charge in [-0.2, -0.15) is 0 Å². The molecule has 5 heteroatoms. The molecule has 0 saturated carbocycles. The van der Waals surface area contributed by atoms with Gasteiger partial charge in [-0.15, -0.1) is 0 Å². The first-order valence-electron chi connectivity index (χ1n) is 27.0. The predicted octanol–water partition coefficient (Wildman–Crippen LogP) is 19.1. The number of ether oxygens (including phenoxy) is 1. The number of fused-ring (bicyclic) bond motifs is 4. The Kier molecular flexibility index (Phi) is 12.6. The number of aromatic nitrogens is 2. The van der Waals surface area contributed by atoms with Gasteiger partial charge >= 0.3 is 0 Å². The van der Waals surface area contributed by atoms with Crippen molar-refractivity contribution in [3.05, 3.63) is 214 Å². The molecule has 0 aliphatic carbocycles. The van der Waals surface area contributed by atoms with Crippen molar-refractivity contribution in [3.63, 3.8) is 0 Å². The number of nitrogens with zero attached hydrogens (tertiary/aromatic N) is 4. The molecular weight excluding hydrogens is 913 g/mol. The average Bonchev–Trinajstić information content (AvgIpc) is 3.93. The van der Waals surface area contributed by atoms with Gasteiger partial charge in [0.25, 0.3) is 0 Å². The van der Waals surface area contributed by atoms with Crippen LogP contribution in [0.4, 0.5) is 22.7 Å². The Labute approximate surface area is 448 Å². The van der Waals surface area contributed by atoms with Crippen molar-refractivity contribution in [2.75, 3.05) is 16.5 Å². The normalized spacial score (nSPS) is 13.8. The van der Waals surface area contributed by atoms with Gasteiger partial charge in [0.05, 0.1) is 22.4 Å². The SMILES string of the molecule is CC(C)(C)c1cccc(N2CN(c3cc(Oc4ccc5c6cc(C(C)(C)c7ccccc7)ccc6n(-c6cc(C(C)(C)c7ccccc7)ccn6)c5c4)cc(C(C)(C)C)c3)c3cc(C(C)(C)C)c(C(C)(C)C)cc32)c1. The molecule has 1 aliphatic rings. The Bertz CT molecular complexity index is 3590. The zero-order chi connectivity index (χ0) is 53.6. The molecule has 3 heterocycles. The molecule has 0 fully saturated rings. The second-order valence-corrected chi connectivity index (χ2v) is 26.4. The summed E-state index contributed by atoms with van der Waals surface area (Å²) in [5, 5.41) is 2.33. The van der Waals surface area contributed by atoms with Crippen LogP contribution in [0.2, 0.25) is 0 Å². The molecule has 0 radical (unpaired) electrons. The minimum Gasteiger partial charge on any atom is -0.457 e. The van der Waals surface area contributed by atoms with Gasteiger partial charge in [-0.3, -0.25) is 4.57 Å². The standard InChI is InChI=1S/C70H78N4O/c1-65(2,3)48-28-23-29-52(36-48)72-45-73(63-44-59(68(10,11)12)58(43-62(63)72)67(7,8)9)53-37-51(66(4,5)6)38-55(41-53)75-54-31-32-56-57-39-49(69(13,14)46-24-19-17-20-25-46)30-33-60(57)74(61(56)42-54)64-40-50(34-35-71-64)70(15,16)47-26-21-18-22-27-47/h17-44H,45H2,1-16H3. The van der Waals surface area contributed by atoms with Gasteiger partial charge in [-0.1, -0.05) is 190 Å². The van der Waals surface area contributed by atoms with Crippen LogP contribution in [-0.4, -0.2) is 16.2 Å². The van der Waals surface area contributed by atoms with Crippen LogP contribution in [0.1, 0.15) is 155 Å². The summed E-state index contributed by atoms with van der Waals surface area (Å²) in [5.74, 6) is 2.44. The van der Waals surface area contributed by atoms with Gasteiger partial charge in [-0.05, 0) is 139 Å². The largest absolute Gasteiger partial charge is 0.457 e. The van der Waals surface area contributed by atoms with E-state index in [2.05, 4.69) is 289 Å². The van der Waals surface area contributed by atoms with Gasteiger partial charge in [-0.25, -0.2) is 4.98 Å². The Balaban J connectivity index is 1.13. The van der Waals surface area contributed by atoms with E-state index in [0.29, 0.717) is 6.67 Å². The Hall–Kier alpha value is -7.11. The molecule has 0 saturated heterocycles. The molecular formula is C70H78N4O. The van der Waals surface area contributed by atoms with Gasteiger partial charge < -0.3 is 14.5 Å². The first kappa shape index (κ1) is 51.4. The number of anilines is 4. The maximum atomic E-state index is 7.20.